The van der Waals surface area contributed by atoms with Gasteiger partial charge in [-0.1, -0.05) is 31.4 Å². The van der Waals surface area contributed by atoms with E-state index >= 15 is 0 Å². The first-order valence-corrected chi connectivity index (χ1v) is 8.36. The third-order valence-corrected chi connectivity index (χ3v) is 4.68. The van der Waals surface area contributed by atoms with Crippen molar-refractivity contribution in [1.29, 1.82) is 0 Å². The fourth-order valence-corrected chi connectivity index (χ4v) is 3.44. The number of rotatable bonds is 5. The summed E-state index contributed by atoms with van der Waals surface area (Å²) in [6, 6.07) is 5.32. The molecule has 1 fully saturated rings. The van der Waals surface area contributed by atoms with Gasteiger partial charge in [-0.3, -0.25) is 14.5 Å². The number of halogens is 1. The van der Waals surface area contributed by atoms with E-state index in [9.17, 15) is 14.0 Å². The lowest BCUT2D eigenvalue weighted by molar-refractivity contribution is -0.137. The number of benzene rings is 1. The Morgan fingerprint density at radius 3 is 2.21 bits per heavy atom. The molecule has 6 heteroatoms. The van der Waals surface area contributed by atoms with Gasteiger partial charge in [0.1, 0.15) is 17.4 Å². The van der Waals surface area contributed by atoms with E-state index < -0.39 is 11.6 Å². The number of likely N-dealkylation sites (N-methyl/N-ethyl adjacent to an activating group) is 2. The molecule has 24 heavy (non-hydrogen) atoms. The van der Waals surface area contributed by atoms with Crippen LogP contribution in [0.4, 0.5) is 4.39 Å². The van der Waals surface area contributed by atoms with E-state index in [0.717, 1.165) is 19.3 Å². The van der Waals surface area contributed by atoms with E-state index in [-0.39, 0.29) is 17.6 Å². The normalized spacial score (nSPS) is 18.0. The zero-order chi connectivity index (χ0) is 17.7. The molecule has 1 aromatic carbocycles. The lowest BCUT2D eigenvalue weighted by atomic mass is 9.80. The average Bonchev–Trinajstić information content (AvgIpc) is 2.56. The number of carbonyl (C=O) groups excluding carboxylic acids is 2. The number of amides is 2. The Morgan fingerprint density at radius 1 is 1.12 bits per heavy atom. The molecule has 0 aliphatic heterocycles. The van der Waals surface area contributed by atoms with Crippen LogP contribution in [0.2, 0.25) is 0 Å². The molecule has 0 bridgehead atoms. The number of nitrogens with one attached hydrogen (secondary N) is 2. The summed E-state index contributed by atoms with van der Waals surface area (Å²) in [5.41, 5.74) is -0.153. The Bertz CT molecular complexity index is 580. The molecule has 1 aliphatic rings. The van der Waals surface area contributed by atoms with E-state index in [1.807, 2.05) is 0 Å². The van der Waals surface area contributed by atoms with Crippen LogP contribution in [-0.4, -0.2) is 43.4 Å². The highest BCUT2D eigenvalue weighted by atomic mass is 19.1. The highest BCUT2D eigenvalue weighted by Crippen LogP contribution is 2.30. The highest BCUT2D eigenvalue weighted by Gasteiger charge is 2.41. The summed E-state index contributed by atoms with van der Waals surface area (Å²) >= 11 is 0. The van der Waals surface area contributed by atoms with Gasteiger partial charge in [-0.05, 0) is 44.6 Å². The first kappa shape index (κ1) is 18.4. The third kappa shape index (κ3) is 3.93. The molecule has 0 saturated heterocycles. The zero-order valence-corrected chi connectivity index (χ0v) is 14.6. The first-order valence-electron chi connectivity index (χ1n) is 8.36. The SMILES string of the molecule is CNC(=O)C1(NC(=O)C(c2ccc(F)cc2)N(C)C)CCCCC1. The van der Waals surface area contributed by atoms with Crippen LogP contribution in [0.15, 0.2) is 24.3 Å². The Labute approximate surface area is 142 Å². The minimum absolute atomic E-state index is 0.146. The van der Waals surface area contributed by atoms with Crippen molar-refractivity contribution >= 4 is 11.8 Å². The fourth-order valence-electron chi connectivity index (χ4n) is 3.44. The van der Waals surface area contributed by atoms with Gasteiger partial charge in [0.05, 0.1) is 0 Å². The van der Waals surface area contributed by atoms with Gasteiger partial charge >= 0.3 is 0 Å². The largest absolute Gasteiger partial charge is 0.357 e. The Morgan fingerprint density at radius 2 is 1.71 bits per heavy atom. The second-order valence-electron chi connectivity index (χ2n) is 6.63. The molecule has 1 aliphatic carbocycles. The summed E-state index contributed by atoms with van der Waals surface area (Å²) in [7, 11) is 5.18. The van der Waals surface area contributed by atoms with Crippen LogP contribution in [0, 0.1) is 5.82 Å². The quantitative estimate of drug-likeness (QED) is 0.865. The summed E-state index contributed by atoms with van der Waals surface area (Å²) in [5, 5.41) is 5.67. The van der Waals surface area contributed by atoms with Crippen LogP contribution in [0.25, 0.3) is 0 Å². The van der Waals surface area contributed by atoms with Crippen LogP contribution in [0.1, 0.15) is 43.7 Å². The van der Waals surface area contributed by atoms with Crippen LogP contribution in [0.5, 0.6) is 0 Å². The smallest absolute Gasteiger partial charge is 0.245 e. The van der Waals surface area contributed by atoms with Crippen LogP contribution in [-0.2, 0) is 9.59 Å². The van der Waals surface area contributed by atoms with Crippen molar-refractivity contribution in [3.63, 3.8) is 0 Å². The van der Waals surface area contributed by atoms with Crippen molar-refractivity contribution in [2.75, 3.05) is 21.1 Å². The molecule has 1 unspecified atom stereocenters. The number of carbonyl (C=O) groups is 2. The van der Waals surface area contributed by atoms with Crippen molar-refractivity contribution < 1.29 is 14.0 Å². The lowest BCUT2D eigenvalue weighted by Crippen LogP contribution is -2.60. The Hall–Kier alpha value is -1.95. The number of hydrogen-bond acceptors (Lipinski definition) is 3. The standard InChI is InChI=1S/C18H26FN3O2/c1-20-17(24)18(11-5-4-6-12-18)21-16(23)15(22(2)3)13-7-9-14(19)10-8-13/h7-10,15H,4-6,11-12H2,1-3H3,(H,20,24)(H,21,23). The maximum absolute atomic E-state index is 13.2. The molecule has 1 saturated carbocycles. The summed E-state index contributed by atoms with van der Waals surface area (Å²) in [5.74, 6) is -0.727. The van der Waals surface area contributed by atoms with E-state index in [1.54, 1.807) is 38.2 Å². The molecule has 2 N–H and O–H groups in total. The van der Waals surface area contributed by atoms with Crippen molar-refractivity contribution in [3.8, 4) is 0 Å². The number of nitrogens with zero attached hydrogens (tertiary/aromatic N) is 1. The Balaban J connectivity index is 2.25. The molecule has 2 amide bonds. The van der Waals surface area contributed by atoms with Gasteiger partial charge in [0.15, 0.2) is 0 Å². The summed E-state index contributed by atoms with van der Waals surface area (Å²) in [6.07, 6.45) is 4.18. The molecule has 5 nitrogen and oxygen atoms in total. The van der Waals surface area contributed by atoms with Crippen LogP contribution >= 0.6 is 0 Å². The highest BCUT2D eigenvalue weighted by molar-refractivity contribution is 5.93. The molecule has 2 rings (SSSR count). The molecular weight excluding hydrogens is 309 g/mol. The van der Waals surface area contributed by atoms with Crippen LogP contribution < -0.4 is 10.6 Å². The van der Waals surface area contributed by atoms with Crippen molar-refractivity contribution in [2.45, 2.75) is 43.7 Å². The van der Waals surface area contributed by atoms with Gasteiger partial charge in [0.2, 0.25) is 11.8 Å². The molecular formula is C18H26FN3O2. The summed E-state index contributed by atoms with van der Waals surface area (Å²) < 4.78 is 13.2. The molecule has 0 radical (unpaired) electrons. The van der Waals surface area contributed by atoms with Gasteiger partial charge in [-0.2, -0.15) is 0 Å². The lowest BCUT2D eigenvalue weighted by Gasteiger charge is -2.38. The molecule has 1 aromatic rings. The zero-order valence-electron chi connectivity index (χ0n) is 14.6. The van der Waals surface area contributed by atoms with Crippen molar-refractivity contribution in [2.24, 2.45) is 0 Å². The molecule has 0 spiro atoms. The fraction of sp³-hybridized carbons (Fsp3) is 0.556. The minimum atomic E-state index is -0.849. The van der Waals surface area contributed by atoms with Gasteiger partial charge in [0, 0.05) is 7.05 Å². The second kappa shape index (κ2) is 7.75. The predicted octanol–water partition coefficient (Wildman–Crippen LogP) is 1.99. The predicted molar refractivity (Wildman–Crippen MR) is 90.9 cm³/mol. The van der Waals surface area contributed by atoms with E-state index in [0.29, 0.717) is 18.4 Å². The summed E-state index contributed by atoms with van der Waals surface area (Å²) in [6.45, 7) is 0. The van der Waals surface area contributed by atoms with E-state index in [1.165, 1.54) is 12.1 Å². The van der Waals surface area contributed by atoms with Crippen molar-refractivity contribution in [3.05, 3.63) is 35.6 Å². The third-order valence-electron chi connectivity index (χ3n) is 4.68. The Kier molecular flexibility index (Phi) is 5.94. The van der Waals surface area contributed by atoms with Gasteiger partial charge < -0.3 is 10.6 Å². The van der Waals surface area contributed by atoms with Gasteiger partial charge in [-0.25, -0.2) is 4.39 Å². The van der Waals surface area contributed by atoms with Gasteiger partial charge in [-0.15, -0.1) is 0 Å². The van der Waals surface area contributed by atoms with Gasteiger partial charge in [0.25, 0.3) is 0 Å². The van der Waals surface area contributed by atoms with E-state index in [2.05, 4.69) is 10.6 Å². The van der Waals surface area contributed by atoms with E-state index in [4.69, 9.17) is 0 Å². The first-order chi connectivity index (χ1) is 11.4. The second-order valence-corrected chi connectivity index (χ2v) is 6.63. The maximum Gasteiger partial charge on any atom is 0.245 e. The molecule has 0 aromatic heterocycles. The van der Waals surface area contributed by atoms with Crippen LogP contribution in [0.3, 0.4) is 0 Å². The molecule has 0 heterocycles. The molecule has 132 valence electrons. The molecule has 1 atom stereocenters. The average molecular weight is 335 g/mol. The summed E-state index contributed by atoms with van der Waals surface area (Å²) in [4.78, 5) is 27.1. The van der Waals surface area contributed by atoms with Crippen molar-refractivity contribution in [1.82, 2.24) is 15.5 Å². The minimum Gasteiger partial charge on any atom is -0.357 e. The monoisotopic (exact) mass is 335 g/mol. The topological polar surface area (TPSA) is 61.4 Å². The maximum atomic E-state index is 13.2. The number of hydrogen-bond donors (Lipinski definition) is 2.